The minimum atomic E-state index is -0.495. The standard InChI is InChI=1S/C4H7NO.C2H6N2O/c5-4(6)3-1-2-3;1-4-2(3)5/h3H,1-2H2,(H2,5,6);1H3,(H3,3,4,5). The van der Waals surface area contributed by atoms with Crippen molar-refractivity contribution in [2.45, 2.75) is 12.8 Å². The van der Waals surface area contributed by atoms with Gasteiger partial charge in [-0.1, -0.05) is 0 Å². The molecule has 1 aliphatic rings. The van der Waals surface area contributed by atoms with Gasteiger partial charge in [0.15, 0.2) is 0 Å². The molecule has 1 aliphatic carbocycles. The summed E-state index contributed by atoms with van der Waals surface area (Å²) in [5.41, 5.74) is 9.40. The second-order valence-electron chi connectivity index (χ2n) is 2.29. The molecule has 11 heavy (non-hydrogen) atoms. The van der Waals surface area contributed by atoms with Gasteiger partial charge in [0.25, 0.3) is 0 Å². The van der Waals surface area contributed by atoms with E-state index < -0.39 is 6.03 Å². The third kappa shape index (κ3) is 6.63. The molecule has 1 saturated carbocycles. The summed E-state index contributed by atoms with van der Waals surface area (Å²) in [7, 11) is 1.47. The summed E-state index contributed by atoms with van der Waals surface area (Å²) in [5.74, 6) is 0.111. The molecule has 0 aromatic rings. The lowest BCUT2D eigenvalue weighted by Gasteiger charge is -1.80. The van der Waals surface area contributed by atoms with Crippen molar-refractivity contribution in [3.63, 3.8) is 0 Å². The van der Waals surface area contributed by atoms with E-state index in [-0.39, 0.29) is 11.8 Å². The van der Waals surface area contributed by atoms with Crippen molar-refractivity contribution in [2.75, 3.05) is 7.05 Å². The molecule has 0 radical (unpaired) electrons. The van der Waals surface area contributed by atoms with Crippen LogP contribution >= 0.6 is 0 Å². The molecule has 5 N–H and O–H groups in total. The molecule has 0 bridgehead atoms. The Bertz CT molecular complexity index is 154. The first-order valence-corrected chi connectivity index (χ1v) is 3.34. The molecule has 5 heteroatoms. The highest BCUT2D eigenvalue weighted by Crippen LogP contribution is 2.27. The van der Waals surface area contributed by atoms with Crippen LogP contribution in [0.5, 0.6) is 0 Å². The summed E-state index contributed by atoms with van der Waals surface area (Å²) in [5, 5.41) is 2.17. The van der Waals surface area contributed by atoms with E-state index >= 15 is 0 Å². The molecular formula is C6H13N3O2. The highest BCUT2D eigenvalue weighted by molar-refractivity contribution is 5.78. The fraction of sp³-hybridized carbons (Fsp3) is 0.667. The normalized spacial score (nSPS) is 14.3. The maximum atomic E-state index is 9.98. The maximum Gasteiger partial charge on any atom is 0.311 e. The second-order valence-corrected chi connectivity index (χ2v) is 2.29. The lowest BCUT2D eigenvalue weighted by molar-refractivity contribution is -0.119. The van der Waals surface area contributed by atoms with E-state index in [0.717, 1.165) is 12.8 Å². The van der Waals surface area contributed by atoms with Gasteiger partial charge < -0.3 is 16.8 Å². The van der Waals surface area contributed by atoms with Gasteiger partial charge >= 0.3 is 6.03 Å². The van der Waals surface area contributed by atoms with Gasteiger partial charge in [-0.25, -0.2) is 4.79 Å². The summed E-state index contributed by atoms with van der Waals surface area (Å²) in [6.45, 7) is 0. The summed E-state index contributed by atoms with van der Waals surface area (Å²) >= 11 is 0. The Kier molecular flexibility index (Phi) is 4.02. The Morgan fingerprint density at radius 3 is 1.73 bits per heavy atom. The first-order chi connectivity index (χ1) is 5.07. The monoisotopic (exact) mass is 159 g/mol. The first kappa shape index (κ1) is 9.74. The number of nitrogens with one attached hydrogen (secondary N) is 1. The number of amides is 3. The van der Waals surface area contributed by atoms with Gasteiger partial charge in [-0.05, 0) is 12.8 Å². The average Bonchev–Trinajstić information content (AvgIpc) is 2.69. The summed E-state index contributed by atoms with van der Waals surface area (Å²) in [4.78, 5) is 19.5. The van der Waals surface area contributed by atoms with Crippen molar-refractivity contribution in [2.24, 2.45) is 17.4 Å². The van der Waals surface area contributed by atoms with Gasteiger partial charge in [0.05, 0.1) is 0 Å². The fourth-order valence-corrected chi connectivity index (χ4v) is 0.368. The van der Waals surface area contributed by atoms with Crippen LogP contribution in [0.3, 0.4) is 0 Å². The molecule has 1 fully saturated rings. The zero-order chi connectivity index (χ0) is 8.85. The van der Waals surface area contributed by atoms with Crippen LogP contribution in [0.1, 0.15) is 12.8 Å². The lowest BCUT2D eigenvalue weighted by Crippen LogP contribution is -2.24. The Morgan fingerprint density at radius 1 is 1.36 bits per heavy atom. The van der Waals surface area contributed by atoms with Gasteiger partial charge in [0.2, 0.25) is 5.91 Å². The Morgan fingerprint density at radius 2 is 1.73 bits per heavy atom. The van der Waals surface area contributed by atoms with Crippen molar-refractivity contribution in [3.8, 4) is 0 Å². The highest BCUT2D eigenvalue weighted by atomic mass is 16.2. The van der Waals surface area contributed by atoms with Crippen LogP contribution in [-0.2, 0) is 4.79 Å². The second kappa shape index (κ2) is 4.54. The van der Waals surface area contributed by atoms with E-state index in [1.807, 2.05) is 0 Å². The molecule has 1 rings (SSSR count). The minimum absolute atomic E-state index is 0.130. The van der Waals surface area contributed by atoms with E-state index in [1.165, 1.54) is 7.05 Å². The van der Waals surface area contributed by atoms with E-state index in [1.54, 1.807) is 0 Å². The van der Waals surface area contributed by atoms with Crippen LogP contribution in [-0.4, -0.2) is 19.0 Å². The Hall–Kier alpha value is -1.26. The smallest absolute Gasteiger partial charge is 0.311 e. The van der Waals surface area contributed by atoms with Crippen LogP contribution in [0.2, 0.25) is 0 Å². The van der Waals surface area contributed by atoms with E-state index in [2.05, 4.69) is 11.1 Å². The predicted octanol–water partition coefficient (Wildman–Crippen LogP) is -0.834. The van der Waals surface area contributed by atoms with Crippen LogP contribution in [0.15, 0.2) is 0 Å². The maximum absolute atomic E-state index is 9.98. The Labute approximate surface area is 65.1 Å². The number of carbonyl (C=O) groups is 2. The third-order valence-electron chi connectivity index (χ3n) is 1.23. The molecule has 0 atom stereocenters. The molecular weight excluding hydrogens is 146 g/mol. The van der Waals surface area contributed by atoms with Crippen LogP contribution in [0, 0.1) is 5.92 Å². The number of urea groups is 1. The number of carbonyl (C=O) groups excluding carboxylic acids is 2. The molecule has 64 valence electrons. The first-order valence-electron chi connectivity index (χ1n) is 3.34. The van der Waals surface area contributed by atoms with Crippen LogP contribution in [0.4, 0.5) is 4.79 Å². The quantitative estimate of drug-likeness (QED) is 0.465. The van der Waals surface area contributed by atoms with E-state index in [0.29, 0.717) is 0 Å². The number of nitrogens with two attached hydrogens (primary N) is 2. The summed E-state index contributed by atoms with van der Waals surface area (Å²) < 4.78 is 0. The minimum Gasteiger partial charge on any atom is -0.369 e. The average molecular weight is 159 g/mol. The molecule has 0 aliphatic heterocycles. The van der Waals surface area contributed by atoms with Crippen molar-refractivity contribution >= 4 is 11.9 Å². The zero-order valence-electron chi connectivity index (χ0n) is 6.46. The third-order valence-corrected chi connectivity index (χ3v) is 1.23. The lowest BCUT2D eigenvalue weighted by atomic mass is 10.4. The highest BCUT2D eigenvalue weighted by Gasteiger charge is 2.26. The molecule has 0 unspecified atom stereocenters. The van der Waals surface area contributed by atoms with Crippen LogP contribution in [0.25, 0.3) is 0 Å². The molecule has 0 spiro atoms. The molecule has 5 nitrogen and oxygen atoms in total. The van der Waals surface area contributed by atoms with Crippen molar-refractivity contribution in [3.05, 3.63) is 0 Å². The summed E-state index contributed by atoms with van der Waals surface area (Å²) in [6.07, 6.45) is 2.05. The van der Waals surface area contributed by atoms with Crippen molar-refractivity contribution in [1.82, 2.24) is 5.32 Å². The van der Waals surface area contributed by atoms with E-state index in [4.69, 9.17) is 5.73 Å². The predicted molar refractivity (Wildman–Crippen MR) is 40.6 cm³/mol. The largest absolute Gasteiger partial charge is 0.369 e. The molecule has 0 aromatic carbocycles. The molecule has 0 saturated heterocycles. The van der Waals surface area contributed by atoms with Gasteiger partial charge in [-0.3, -0.25) is 4.79 Å². The van der Waals surface area contributed by atoms with Crippen molar-refractivity contribution in [1.29, 1.82) is 0 Å². The van der Waals surface area contributed by atoms with Gasteiger partial charge in [0.1, 0.15) is 0 Å². The molecule has 3 amide bonds. The summed E-state index contributed by atoms with van der Waals surface area (Å²) in [6, 6.07) is -0.495. The van der Waals surface area contributed by atoms with Crippen molar-refractivity contribution < 1.29 is 9.59 Å². The number of hydrogen-bond donors (Lipinski definition) is 3. The van der Waals surface area contributed by atoms with E-state index in [9.17, 15) is 9.59 Å². The number of hydrogen-bond acceptors (Lipinski definition) is 2. The molecule has 0 heterocycles. The van der Waals surface area contributed by atoms with Gasteiger partial charge in [-0.15, -0.1) is 0 Å². The zero-order valence-corrected chi connectivity index (χ0v) is 6.46. The Balaban J connectivity index is 0.000000187. The SMILES string of the molecule is CNC(N)=O.NC(=O)C1CC1. The van der Waals surface area contributed by atoms with Gasteiger partial charge in [-0.2, -0.15) is 0 Å². The molecule has 0 aromatic heterocycles. The number of rotatable bonds is 1. The number of primary amides is 2. The topological polar surface area (TPSA) is 98.2 Å². The fourth-order valence-electron chi connectivity index (χ4n) is 0.368. The van der Waals surface area contributed by atoms with Gasteiger partial charge in [0, 0.05) is 13.0 Å². The van der Waals surface area contributed by atoms with Crippen LogP contribution < -0.4 is 16.8 Å².